The highest BCUT2D eigenvalue weighted by molar-refractivity contribution is 5.68. The zero-order valence-electron chi connectivity index (χ0n) is 17.8. The molecule has 1 unspecified atom stereocenters. The van der Waals surface area contributed by atoms with Crippen molar-refractivity contribution in [2.75, 3.05) is 13.2 Å². The quantitative estimate of drug-likeness (QED) is 0.427. The number of carboxylic acids is 1. The summed E-state index contributed by atoms with van der Waals surface area (Å²) in [6.07, 6.45) is 8.97. The van der Waals surface area contributed by atoms with Gasteiger partial charge in [0, 0.05) is 30.6 Å². The van der Waals surface area contributed by atoms with Crippen LogP contribution in [0.2, 0.25) is 0 Å². The molecule has 1 aromatic heterocycles. The fourth-order valence-electron chi connectivity index (χ4n) is 4.62. The molecule has 0 radical (unpaired) electrons. The van der Waals surface area contributed by atoms with Crippen molar-refractivity contribution < 1.29 is 19.2 Å². The molecule has 0 aromatic carbocycles. The van der Waals surface area contributed by atoms with Gasteiger partial charge < -0.3 is 14.4 Å². The third kappa shape index (κ3) is 5.59. The average Bonchev–Trinajstić information content (AvgIpc) is 3.35. The summed E-state index contributed by atoms with van der Waals surface area (Å²) in [4.78, 5) is 11.5. The van der Waals surface area contributed by atoms with E-state index < -0.39 is 5.97 Å². The van der Waals surface area contributed by atoms with Gasteiger partial charge in [0.2, 0.25) is 0 Å². The topological polar surface area (TPSA) is 72.6 Å². The molecule has 2 aliphatic rings. The van der Waals surface area contributed by atoms with Crippen LogP contribution in [0.5, 0.6) is 0 Å². The lowest BCUT2D eigenvalue weighted by atomic mass is 9.69. The van der Waals surface area contributed by atoms with Gasteiger partial charge in [-0.25, -0.2) is 0 Å². The van der Waals surface area contributed by atoms with Crippen LogP contribution in [0.4, 0.5) is 0 Å². The summed E-state index contributed by atoms with van der Waals surface area (Å²) in [5.74, 6) is 2.73. The molecular weight excluding hydrogens is 354 g/mol. The second-order valence-electron chi connectivity index (χ2n) is 9.33. The highest BCUT2D eigenvalue weighted by atomic mass is 16.5. The van der Waals surface area contributed by atoms with Crippen molar-refractivity contribution in [3.05, 3.63) is 17.0 Å². The normalized spacial score (nSPS) is 23.0. The molecule has 1 heterocycles. The van der Waals surface area contributed by atoms with E-state index >= 15 is 0 Å². The summed E-state index contributed by atoms with van der Waals surface area (Å²) in [6, 6.07) is 0. The molecule has 0 spiro atoms. The highest BCUT2D eigenvalue weighted by Crippen LogP contribution is 2.52. The maximum Gasteiger partial charge on any atom is 0.304 e. The van der Waals surface area contributed by atoms with E-state index in [0.29, 0.717) is 24.9 Å². The van der Waals surface area contributed by atoms with Crippen LogP contribution in [0, 0.1) is 11.8 Å². The number of carbonyl (C=O) groups is 1. The van der Waals surface area contributed by atoms with Crippen molar-refractivity contribution in [2.45, 2.75) is 96.3 Å². The summed E-state index contributed by atoms with van der Waals surface area (Å²) >= 11 is 0. The Hall–Kier alpha value is -1.36. The minimum Gasteiger partial charge on any atom is -0.481 e. The first-order valence-electron chi connectivity index (χ1n) is 11.3. The second-order valence-corrected chi connectivity index (χ2v) is 9.33. The van der Waals surface area contributed by atoms with Gasteiger partial charge in [-0.05, 0) is 62.7 Å². The van der Waals surface area contributed by atoms with E-state index in [1.54, 1.807) is 0 Å². The lowest BCUT2D eigenvalue weighted by Gasteiger charge is -2.35. The molecule has 0 aliphatic heterocycles. The van der Waals surface area contributed by atoms with Crippen LogP contribution in [0.25, 0.3) is 0 Å². The van der Waals surface area contributed by atoms with Gasteiger partial charge in [0.1, 0.15) is 5.76 Å². The molecule has 158 valence electrons. The summed E-state index contributed by atoms with van der Waals surface area (Å²) in [6.45, 7) is 8.05. The Morgan fingerprint density at radius 2 is 2.00 bits per heavy atom. The van der Waals surface area contributed by atoms with Gasteiger partial charge in [-0.2, -0.15) is 0 Å². The molecule has 1 aromatic rings. The Labute approximate surface area is 169 Å². The minimum atomic E-state index is -0.773. The van der Waals surface area contributed by atoms with Crippen LogP contribution in [-0.2, 0) is 9.53 Å². The van der Waals surface area contributed by atoms with Crippen LogP contribution in [0.1, 0.15) is 113 Å². The summed E-state index contributed by atoms with van der Waals surface area (Å²) in [5.41, 5.74) is 2.17. The zero-order valence-corrected chi connectivity index (χ0v) is 17.8. The summed E-state index contributed by atoms with van der Waals surface area (Å²) in [5, 5.41) is 13.9. The maximum absolute atomic E-state index is 11.5. The Balaban J connectivity index is 1.68. The van der Waals surface area contributed by atoms with E-state index in [1.165, 1.54) is 37.7 Å². The van der Waals surface area contributed by atoms with Gasteiger partial charge in [-0.15, -0.1) is 0 Å². The predicted molar refractivity (Wildman–Crippen MR) is 109 cm³/mol. The molecule has 5 nitrogen and oxygen atoms in total. The standard InChI is InChI=1S/C23H37NO4/c1-4-5-9-27-10-8-18(14-20(25)26)22-21(17-6-7-17)23(28-24-22)19-12-16(13-19)11-15(2)3/h15-19H,4-14H2,1-3H3,(H,25,26). The molecule has 2 aliphatic carbocycles. The number of hydrogen-bond acceptors (Lipinski definition) is 4. The first kappa shape index (κ1) is 21.4. The number of carboxylic acid groups (broad SMARTS) is 1. The third-order valence-electron chi connectivity index (χ3n) is 6.24. The molecule has 0 bridgehead atoms. The van der Waals surface area contributed by atoms with Crippen molar-refractivity contribution in [1.82, 2.24) is 5.16 Å². The zero-order chi connectivity index (χ0) is 20.1. The molecule has 5 heteroatoms. The molecule has 3 rings (SSSR count). The average molecular weight is 392 g/mol. The smallest absolute Gasteiger partial charge is 0.304 e. The molecule has 2 saturated carbocycles. The first-order valence-corrected chi connectivity index (χ1v) is 11.3. The molecule has 28 heavy (non-hydrogen) atoms. The van der Waals surface area contributed by atoms with Crippen LogP contribution in [0.3, 0.4) is 0 Å². The van der Waals surface area contributed by atoms with Gasteiger partial charge in [0.05, 0.1) is 12.1 Å². The lowest BCUT2D eigenvalue weighted by Crippen LogP contribution is -2.23. The van der Waals surface area contributed by atoms with E-state index in [2.05, 4.69) is 25.9 Å². The molecule has 0 saturated heterocycles. The Kier molecular flexibility index (Phi) is 7.55. The number of nitrogens with zero attached hydrogens (tertiary/aromatic N) is 1. The monoisotopic (exact) mass is 391 g/mol. The molecule has 0 amide bonds. The second kappa shape index (κ2) is 9.91. The van der Waals surface area contributed by atoms with Crippen molar-refractivity contribution in [1.29, 1.82) is 0 Å². The first-order chi connectivity index (χ1) is 13.5. The van der Waals surface area contributed by atoms with Gasteiger partial charge in [0.15, 0.2) is 0 Å². The number of hydrogen-bond donors (Lipinski definition) is 1. The largest absolute Gasteiger partial charge is 0.481 e. The Morgan fingerprint density at radius 1 is 1.25 bits per heavy atom. The predicted octanol–water partition coefficient (Wildman–Crippen LogP) is 5.86. The van der Waals surface area contributed by atoms with E-state index in [-0.39, 0.29) is 12.3 Å². The van der Waals surface area contributed by atoms with Gasteiger partial charge >= 0.3 is 5.97 Å². The minimum absolute atomic E-state index is 0.101. The molecule has 1 N–H and O–H groups in total. The van der Waals surface area contributed by atoms with Crippen molar-refractivity contribution in [2.24, 2.45) is 11.8 Å². The SMILES string of the molecule is CCCCOCCC(CC(=O)O)c1noc(C2CC(CC(C)C)C2)c1C1CC1. The maximum atomic E-state index is 11.5. The van der Waals surface area contributed by atoms with Crippen molar-refractivity contribution in [3.8, 4) is 0 Å². The molecule has 1 atom stereocenters. The number of aromatic nitrogens is 1. The van der Waals surface area contributed by atoms with E-state index in [1.807, 2.05) is 0 Å². The summed E-state index contributed by atoms with van der Waals surface area (Å²) in [7, 11) is 0. The van der Waals surface area contributed by atoms with Crippen LogP contribution in [0.15, 0.2) is 4.52 Å². The third-order valence-corrected chi connectivity index (χ3v) is 6.24. The number of aliphatic carboxylic acids is 1. The van der Waals surface area contributed by atoms with Crippen LogP contribution < -0.4 is 0 Å². The van der Waals surface area contributed by atoms with E-state index in [0.717, 1.165) is 42.7 Å². The fraction of sp³-hybridized carbons (Fsp3) is 0.826. The van der Waals surface area contributed by atoms with Crippen LogP contribution in [-0.4, -0.2) is 29.4 Å². The van der Waals surface area contributed by atoms with E-state index in [4.69, 9.17) is 9.26 Å². The lowest BCUT2D eigenvalue weighted by molar-refractivity contribution is -0.137. The summed E-state index contributed by atoms with van der Waals surface area (Å²) < 4.78 is 11.6. The highest BCUT2D eigenvalue weighted by Gasteiger charge is 2.41. The van der Waals surface area contributed by atoms with Crippen molar-refractivity contribution in [3.63, 3.8) is 0 Å². The van der Waals surface area contributed by atoms with Crippen LogP contribution >= 0.6 is 0 Å². The fourth-order valence-corrected chi connectivity index (χ4v) is 4.62. The Morgan fingerprint density at radius 3 is 2.61 bits per heavy atom. The van der Waals surface area contributed by atoms with Gasteiger partial charge in [0.25, 0.3) is 0 Å². The van der Waals surface area contributed by atoms with Gasteiger partial charge in [-0.3, -0.25) is 4.79 Å². The molecule has 2 fully saturated rings. The number of ether oxygens (including phenoxy) is 1. The van der Waals surface area contributed by atoms with Crippen molar-refractivity contribution >= 4 is 5.97 Å². The number of unbranched alkanes of at least 4 members (excludes halogenated alkanes) is 1. The number of rotatable bonds is 13. The Bertz CT molecular complexity index is 629. The van der Waals surface area contributed by atoms with Gasteiger partial charge in [-0.1, -0.05) is 32.3 Å². The van der Waals surface area contributed by atoms with E-state index in [9.17, 15) is 9.90 Å². The molecular formula is C23H37NO4.